The van der Waals surface area contributed by atoms with Crippen molar-refractivity contribution in [1.29, 1.82) is 0 Å². The van der Waals surface area contributed by atoms with E-state index in [2.05, 4.69) is 9.97 Å². The number of fused-ring (bicyclic) bond motifs is 2. The molecule has 0 aromatic carbocycles. The summed E-state index contributed by atoms with van der Waals surface area (Å²) in [5, 5.41) is 0.648. The van der Waals surface area contributed by atoms with E-state index in [1.807, 2.05) is 22.9 Å². The van der Waals surface area contributed by atoms with Gasteiger partial charge in [0.25, 0.3) is 0 Å². The van der Waals surface area contributed by atoms with Gasteiger partial charge in [0.15, 0.2) is 5.69 Å². The van der Waals surface area contributed by atoms with Gasteiger partial charge in [0, 0.05) is 24.7 Å². The van der Waals surface area contributed by atoms with Gasteiger partial charge in [-0.2, -0.15) is 0 Å². The largest absolute Gasteiger partial charge is 0.461 e. The molecule has 3 aromatic rings. The summed E-state index contributed by atoms with van der Waals surface area (Å²) in [5.41, 5.74) is 2.67. The van der Waals surface area contributed by atoms with Crippen LogP contribution >= 0.6 is 11.6 Å². The lowest BCUT2D eigenvalue weighted by molar-refractivity contribution is 0.0518. The number of aryl methyl sites for hydroxylation is 1. The summed E-state index contributed by atoms with van der Waals surface area (Å²) in [5.74, 6) is 0.622. The first-order valence-corrected chi connectivity index (χ1v) is 7.96. The Hall–Kier alpha value is -2.34. The van der Waals surface area contributed by atoms with Gasteiger partial charge < -0.3 is 9.30 Å². The fourth-order valence-electron chi connectivity index (χ4n) is 2.95. The highest BCUT2D eigenvalue weighted by atomic mass is 35.5. The Balaban J connectivity index is 1.82. The van der Waals surface area contributed by atoms with Crippen molar-refractivity contribution >= 4 is 23.2 Å². The molecule has 7 heteroatoms. The van der Waals surface area contributed by atoms with E-state index < -0.39 is 5.97 Å². The van der Waals surface area contributed by atoms with Crippen LogP contribution < -0.4 is 0 Å². The van der Waals surface area contributed by atoms with Crippen LogP contribution in [0, 0.1) is 0 Å². The first kappa shape index (κ1) is 14.3. The number of carbonyl (C=O) groups excluding carboxylic acids is 1. The van der Waals surface area contributed by atoms with Crippen LogP contribution in [0.1, 0.15) is 29.7 Å². The highest BCUT2D eigenvalue weighted by Crippen LogP contribution is 2.32. The molecule has 0 bridgehead atoms. The van der Waals surface area contributed by atoms with Crippen LogP contribution in [0.15, 0.2) is 24.5 Å². The fourth-order valence-corrected chi connectivity index (χ4v) is 3.28. The number of aromatic nitrogens is 4. The maximum Gasteiger partial charge on any atom is 0.356 e. The molecule has 0 aliphatic carbocycles. The molecule has 4 heterocycles. The van der Waals surface area contributed by atoms with E-state index >= 15 is 0 Å². The summed E-state index contributed by atoms with van der Waals surface area (Å²) in [6.07, 6.45) is 5.38. The van der Waals surface area contributed by atoms with Crippen molar-refractivity contribution in [3.63, 3.8) is 0 Å². The highest BCUT2D eigenvalue weighted by molar-refractivity contribution is 6.32. The molecule has 3 aromatic heterocycles. The zero-order chi connectivity index (χ0) is 16.0. The quantitative estimate of drug-likeness (QED) is 0.693. The minimum absolute atomic E-state index is 0.325. The second-order valence-corrected chi connectivity index (χ2v) is 5.79. The number of ether oxygens (including phenoxy) is 1. The molecule has 4 rings (SSSR count). The van der Waals surface area contributed by atoms with Crippen LogP contribution in [0.3, 0.4) is 0 Å². The number of imidazole rings is 2. The van der Waals surface area contributed by atoms with E-state index in [0.717, 1.165) is 36.5 Å². The smallest absolute Gasteiger partial charge is 0.356 e. The van der Waals surface area contributed by atoms with Gasteiger partial charge in [0.05, 0.1) is 12.8 Å². The average Bonchev–Trinajstić information content (AvgIpc) is 3.23. The number of hydrogen-bond donors (Lipinski definition) is 0. The van der Waals surface area contributed by atoms with Gasteiger partial charge in [0.2, 0.25) is 0 Å². The average molecular weight is 331 g/mol. The molecular formula is C16H15ClN4O2. The Bertz CT molecular complexity index is 912. The molecule has 0 radical (unpaired) electrons. The molecular weight excluding hydrogens is 316 g/mol. The fraction of sp³-hybridized carbons (Fsp3) is 0.312. The molecule has 1 aliphatic rings. The van der Waals surface area contributed by atoms with Crippen molar-refractivity contribution in [2.45, 2.75) is 26.3 Å². The molecule has 0 atom stereocenters. The van der Waals surface area contributed by atoms with Crippen LogP contribution in [-0.2, 0) is 17.7 Å². The Morgan fingerprint density at radius 2 is 2.30 bits per heavy atom. The molecule has 0 amide bonds. The summed E-state index contributed by atoms with van der Waals surface area (Å²) in [4.78, 5) is 20.9. The van der Waals surface area contributed by atoms with E-state index in [4.69, 9.17) is 16.3 Å². The Morgan fingerprint density at radius 1 is 1.43 bits per heavy atom. The third kappa shape index (κ3) is 2.21. The van der Waals surface area contributed by atoms with E-state index in [0.29, 0.717) is 23.1 Å². The monoisotopic (exact) mass is 330 g/mol. The lowest BCUT2D eigenvalue weighted by Gasteiger charge is -2.05. The maximum atomic E-state index is 12.0. The zero-order valence-corrected chi connectivity index (χ0v) is 13.4. The van der Waals surface area contributed by atoms with Gasteiger partial charge in [-0.1, -0.05) is 11.6 Å². The number of rotatable bonds is 3. The molecule has 23 heavy (non-hydrogen) atoms. The molecule has 118 valence electrons. The van der Waals surface area contributed by atoms with Gasteiger partial charge in [0.1, 0.15) is 22.3 Å². The zero-order valence-electron chi connectivity index (χ0n) is 12.6. The van der Waals surface area contributed by atoms with Crippen molar-refractivity contribution in [1.82, 2.24) is 18.9 Å². The molecule has 0 N–H and O–H groups in total. The predicted octanol–water partition coefficient (Wildman–Crippen LogP) is 2.97. The van der Waals surface area contributed by atoms with Gasteiger partial charge in [-0.25, -0.2) is 14.8 Å². The standard InChI is InChI=1S/C16H15ClN4O2/c1-2-23-16(22)11-8-18-12-6-5-10(9-21(11)12)14-15(17)20-7-3-4-13(20)19-14/h5-6,8-9H,2-4,7H2,1H3. The van der Waals surface area contributed by atoms with Gasteiger partial charge in [-0.15, -0.1) is 0 Å². The summed E-state index contributed by atoms with van der Waals surface area (Å²) in [6.45, 7) is 3.01. The molecule has 0 fully saturated rings. The number of hydrogen-bond acceptors (Lipinski definition) is 4. The Labute approximate surface area is 137 Å². The Morgan fingerprint density at radius 3 is 3.09 bits per heavy atom. The normalized spacial score (nSPS) is 13.5. The SMILES string of the molecule is CCOC(=O)c1cnc2ccc(-c3nc4n(c3Cl)CCC4)cn12. The minimum Gasteiger partial charge on any atom is -0.461 e. The van der Waals surface area contributed by atoms with E-state index in [9.17, 15) is 4.79 Å². The van der Waals surface area contributed by atoms with Crippen molar-refractivity contribution in [2.24, 2.45) is 0 Å². The second-order valence-electron chi connectivity index (χ2n) is 5.43. The van der Waals surface area contributed by atoms with E-state index in [-0.39, 0.29) is 0 Å². The topological polar surface area (TPSA) is 61.4 Å². The minimum atomic E-state index is -0.393. The number of esters is 1. The summed E-state index contributed by atoms with van der Waals surface area (Å²) in [6, 6.07) is 3.76. The lowest BCUT2D eigenvalue weighted by atomic mass is 10.2. The molecule has 0 saturated heterocycles. The molecule has 6 nitrogen and oxygen atoms in total. The van der Waals surface area contributed by atoms with Crippen molar-refractivity contribution < 1.29 is 9.53 Å². The van der Waals surface area contributed by atoms with Crippen molar-refractivity contribution in [3.8, 4) is 11.3 Å². The summed E-state index contributed by atoms with van der Waals surface area (Å²) >= 11 is 6.47. The van der Waals surface area contributed by atoms with E-state index in [1.165, 1.54) is 6.20 Å². The number of nitrogens with zero attached hydrogens (tertiary/aromatic N) is 4. The maximum absolute atomic E-state index is 12.0. The lowest BCUT2D eigenvalue weighted by Crippen LogP contribution is -2.07. The second kappa shape index (κ2) is 5.38. The third-order valence-corrected chi connectivity index (χ3v) is 4.41. The first-order valence-electron chi connectivity index (χ1n) is 7.58. The van der Waals surface area contributed by atoms with Crippen LogP contribution in [0.5, 0.6) is 0 Å². The van der Waals surface area contributed by atoms with Crippen LogP contribution in [0.4, 0.5) is 0 Å². The Kier molecular flexibility index (Phi) is 3.34. The molecule has 1 aliphatic heterocycles. The summed E-state index contributed by atoms with van der Waals surface area (Å²) in [7, 11) is 0. The first-order chi connectivity index (χ1) is 11.2. The number of carbonyl (C=O) groups is 1. The van der Waals surface area contributed by atoms with Crippen LogP contribution in [-0.4, -0.2) is 31.5 Å². The number of pyridine rings is 1. The van der Waals surface area contributed by atoms with Crippen LogP contribution in [0.25, 0.3) is 16.9 Å². The molecule has 0 unspecified atom stereocenters. The van der Waals surface area contributed by atoms with E-state index in [1.54, 1.807) is 11.3 Å². The predicted molar refractivity (Wildman–Crippen MR) is 85.7 cm³/mol. The molecule has 0 saturated carbocycles. The van der Waals surface area contributed by atoms with Crippen molar-refractivity contribution in [2.75, 3.05) is 6.61 Å². The number of halogens is 1. The third-order valence-electron chi connectivity index (χ3n) is 4.03. The highest BCUT2D eigenvalue weighted by Gasteiger charge is 2.21. The summed E-state index contributed by atoms with van der Waals surface area (Å²) < 4.78 is 8.83. The molecule has 0 spiro atoms. The van der Waals surface area contributed by atoms with Crippen molar-refractivity contribution in [3.05, 3.63) is 41.2 Å². The van der Waals surface area contributed by atoms with Gasteiger partial charge in [-0.05, 0) is 25.5 Å². The van der Waals surface area contributed by atoms with Gasteiger partial charge >= 0.3 is 5.97 Å². The van der Waals surface area contributed by atoms with Gasteiger partial charge in [-0.3, -0.25) is 4.40 Å². The van der Waals surface area contributed by atoms with Crippen LogP contribution in [0.2, 0.25) is 5.15 Å².